The van der Waals surface area contributed by atoms with Gasteiger partial charge in [-0.2, -0.15) is 5.10 Å². The first-order valence-corrected chi connectivity index (χ1v) is 4.89. The van der Waals surface area contributed by atoms with Crippen molar-refractivity contribution < 1.29 is 4.74 Å². The topological polar surface area (TPSA) is 31.4 Å². The van der Waals surface area contributed by atoms with Crippen LogP contribution in [-0.4, -0.2) is 16.4 Å². The maximum Gasteiger partial charge on any atom is 0.256 e. The Balaban J connectivity index is 2.13. The van der Waals surface area contributed by atoms with E-state index in [1.54, 1.807) is 6.20 Å². The molecule has 1 fully saturated rings. The van der Waals surface area contributed by atoms with Crippen molar-refractivity contribution in [3.8, 4) is 0 Å². The molecule has 1 aliphatic heterocycles. The van der Waals surface area contributed by atoms with Crippen molar-refractivity contribution in [2.75, 3.05) is 6.61 Å². The van der Waals surface area contributed by atoms with E-state index < -0.39 is 0 Å². The minimum absolute atomic E-state index is 0.0514. The van der Waals surface area contributed by atoms with E-state index >= 15 is 0 Å². The van der Waals surface area contributed by atoms with Gasteiger partial charge in [-0.05, 0) is 25.3 Å². The third-order valence-electron chi connectivity index (χ3n) is 2.42. The van der Waals surface area contributed by atoms with Crippen LogP contribution in [0.3, 0.4) is 0 Å². The number of hydrogen-bond acceptors (Lipinski definition) is 2. The Morgan fingerprint density at radius 2 is 2.57 bits per heavy atom. The molecule has 0 N–H and O–H groups in total. The predicted molar refractivity (Wildman–Crippen MR) is 51.4 cm³/mol. The summed E-state index contributed by atoms with van der Waals surface area (Å²) < 4.78 is 7.45. The van der Waals surface area contributed by atoms with Crippen LogP contribution in [0, 0.1) is 6.57 Å². The van der Waals surface area contributed by atoms with Crippen LogP contribution in [-0.2, 0) is 11.3 Å². The molecule has 1 aromatic rings. The Hall–Kier alpha value is -1.34. The molecule has 1 unspecified atom stereocenters. The van der Waals surface area contributed by atoms with Crippen LogP contribution in [0.5, 0.6) is 0 Å². The summed E-state index contributed by atoms with van der Waals surface area (Å²) in [5.74, 6) is 0. The molecular formula is C10H13N3O. The van der Waals surface area contributed by atoms with Crippen molar-refractivity contribution in [3.05, 3.63) is 29.4 Å². The van der Waals surface area contributed by atoms with Gasteiger partial charge in [0.15, 0.2) is 6.23 Å². The minimum atomic E-state index is 0.0514. The van der Waals surface area contributed by atoms with Crippen molar-refractivity contribution in [1.82, 2.24) is 9.78 Å². The number of hydrogen-bond donors (Lipinski definition) is 0. The standard InChI is InChI=1S/C10H13N3O/c1-11-8-9-5-6-12-13(9)10-4-2-3-7-14-10/h5-6,10H,2-4,7-8H2. The Labute approximate surface area is 83.3 Å². The summed E-state index contributed by atoms with van der Waals surface area (Å²) in [6.45, 7) is 8.03. The molecule has 1 atom stereocenters. The molecule has 0 saturated carbocycles. The van der Waals surface area contributed by atoms with Crippen LogP contribution in [0.4, 0.5) is 0 Å². The first-order chi connectivity index (χ1) is 6.92. The van der Waals surface area contributed by atoms with Crippen LogP contribution in [0.15, 0.2) is 12.3 Å². The molecule has 0 amide bonds. The molecule has 4 nitrogen and oxygen atoms in total. The summed E-state index contributed by atoms with van der Waals surface area (Å²) in [6.07, 6.45) is 5.11. The van der Waals surface area contributed by atoms with Gasteiger partial charge in [-0.3, -0.25) is 0 Å². The van der Waals surface area contributed by atoms with E-state index in [2.05, 4.69) is 9.94 Å². The molecular weight excluding hydrogens is 178 g/mol. The molecule has 2 heterocycles. The maximum absolute atomic E-state index is 6.83. The summed E-state index contributed by atoms with van der Waals surface area (Å²) in [5.41, 5.74) is 0.951. The molecule has 4 heteroatoms. The third-order valence-corrected chi connectivity index (χ3v) is 2.42. The van der Waals surface area contributed by atoms with Gasteiger partial charge >= 0.3 is 0 Å². The fraction of sp³-hybridized carbons (Fsp3) is 0.600. The van der Waals surface area contributed by atoms with Crippen molar-refractivity contribution in [2.24, 2.45) is 0 Å². The minimum Gasteiger partial charge on any atom is -0.357 e. The molecule has 1 aromatic heterocycles. The highest BCUT2D eigenvalue weighted by Crippen LogP contribution is 2.23. The van der Waals surface area contributed by atoms with E-state index in [-0.39, 0.29) is 6.23 Å². The third kappa shape index (κ3) is 1.78. The van der Waals surface area contributed by atoms with Gasteiger partial charge in [-0.15, -0.1) is 0 Å². The number of aromatic nitrogens is 2. The maximum atomic E-state index is 6.83. The fourth-order valence-corrected chi connectivity index (χ4v) is 1.72. The first kappa shape index (κ1) is 9.22. The summed E-state index contributed by atoms with van der Waals surface area (Å²) >= 11 is 0. The van der Waals surface area contributed by atoms with Crippen molar-refractivity contribution >= 4 is 0 Å². The SMILES string of the molecule is [C-]#[N+]Cc1ccnn1C1CCCCO1. The van der Waals surface area contributed by atoms with Crippen LogP contribution in [0.2, 0.25) is 0 Å². The zero-order valence-corrected chi connectivity index (χ0v) is 8.02. The predicted octanol–water partition coefficient (Wildman–Crippen LogP) is 2.00. The Bertz CT molecular complexity index is 333. The lowest BCUT2D eigenvalue weighted by atomic mass is 10.2. The summed E-state index contributed by atoms with van der Waals surface area (Å²) in [6, 6.07) is 1.88. The van der Waals surface area contributed by atoms with E-state index in [9.17, 15) is 0 Å². The number of ether oxygens (including phenoxy) is 1. The molecule has 2 rings (SSSR count). The zero-order valence-electron chi connectivity index (χ0n) is 8.02. The molecule has 1 aliphatic rings. The summed E-state index contributed by atoms with van der Waals surface area (Å²) in [5, 5.41) is 4.21. The quantitative estimate of drug-likeness (QED) is 0.669. The highest BCUT2D eigenvalue weighted by molar-refractivity contribution is 5.03. The van der Waals surface area contributed by atoms with Gasteiger partial charge in [0.25, 0.3) is 6.54 Å². The van der Waals surface area contributed by atoms with Crippen LogP contribution in [0.25, 0.3) is 4.85 Å². The Morgan fingerprint density at radius 3 is 3.29 bits per heavy atom. The Morgan fingerprint density at radius 1 is 1.64 bits per heavy atom. The second kappa shape index (κ2) is 4.25. The van der Waals surface area contributed by atoms with Crippen molar-refractivity contribution in [3.63, 3.8) is 0 Å². The van der Waals surface area contributed by atoms with Crippen LogP contribution >= 0.6 is 0 Å². The van der Waals surface area contributed by atoms with Gasteiger partial charge in [-0.1, -0.05) is 0 Å². The molecule has 14 heavy (non-hydrogen) atoms. The van der Waals surface area contributed by atoms with E-state index in [0.717, 1.165) is 25.1 Å². The van der Waals surface area contributed by atoms with E-state index in [1.807, 2.05) is 10.7 Å². The van der Waals surface area contributed by atoms with Gasteiger partial charge in [0.05, 0.1) is 0 Å². The smallest absolute Gasteiger partial charge is 0.256 e. The van der Waals surface area contributed by atoms with Crippen LogP contribution in [0.1, 0.15) is 31.2 Å². The van der Waals surface area contributed by atoms with Gasteiger partial charge < -0.3 is 9.58 Å². The van der Waals surface area contributed by atoms with Gasteiger partial charge in [0.2, 0.25) is 0 Å². The lowest BCUT2D eigenvalue weighted by Crippen LogP contribution is -2.20. The van der Waals surface area contributed by atoms with Crippen LogP contribution < -0.4 is 0 Å². The van der Waals surface area contributed by atoms with E-state index in [1.165, 1.54) is 6.42 Å². The normalized spacial score (nSPS) is 21.8. The largest absolute Gasteiger partial charge is 0.357 e. The number of nitrogens with zero attached hydrogens (tertiary/aromatic N) is 3. The average Bonchev–Trinajstić information content (AvgIpc) is 2.68. The summed E-state index contributed by atoms with van der Waals surface area (Å²) in [7, 11) is 0. The molecule has 0 bridgehead atoms. The molecule has 0 aromatic carbocycles. The second-order valence-electron chi connectivity index (χ2n) is 3.40. The van der Waals surface area contributed by atoms with Crippen molar-refractivity contribution in [2.45, 2.75) is 32.0 Å². The van der Waals surface area contributed by atoms with Gasteiger partial charge in [0.1, 0.15) is 5.69 Å². The highest BCUT2D eigenvalue weighted by Gasteiger charge is 2.19. The molecule has 0 radical (unpaired) electrons. The lowest BCUT2D eigenvalue weighted by molar-refractivity contribution is -0.0409. The van der Waals surface area contributed by atoms with Gasteiger partial charge in [-0.25, -0.2) is 11.3 Å². The fourth-order valence-electron chi connectivity index (χ4n) is 1.72. The average molecular weight is 191 g/mol. The first-order valence-electron chi connectivity index (χ1n) is 4.89. The molecule has 0 aliphatic carbocycles. The lowest BCUT2D eigenvalue weighted by Gasteiger charge is -2.23. The second-order valence-corrected chi connectivity index (χ2v) is 3.40. The zero-order chi connectivity index (χ0) is 9.80. The van der Waals surface area contributed by atoms with E-state index in [0.29, 0.717) is 6.54 Å². The number of rotatable bonds is 2. The van der Waals surface area contributed by atoms with Crippen molar-refractivity contribution in [1.29, 1.82) is 0 Å². The Kier molecular flexibility index (Phi) is 2.80. The molecule has 0 spiro atoms. The van der Waals surface area contributed by atoms with E-state index in [4.69, 9.17) is 11.3 Å². The highest BCUT2D eigenvalue weighted by atomic mass is 16.5. The molecule has 1 saturated heterocycles. The monoisotopic (exact) mass is 191 g/mol. The van der Waals surface area contributed by atoms with Gasteiger partial charge in [0, 0.05) is 12.8 Å². The summed E-state index contributed by atoms with van der Waals surface area (Å²) in [4.78, 5) is 3.37. The molecule has 74 valence electrons.